The molecule has 0 unspecified atom stereocenters. The second kappa shape index (κ2) is 22.4. The topological polar surface area (TPSA) is 184 Å². The van der Waals surface area contributed by atoms with E-state index >= 15 is 0 Å². The zero-order chi connectivity index (χ0) is 38.9. The summed E-state index contributed by atoms with van der Waals surface area (Å²) < 4.78 is 10.6. The van der Waals surface area contributed by atoms with Crippen molar-refractivity contribution in [2.24, 2.45) is 17.8 Å². The third-order valence-corrected chi connectivity index (χ3v) is 8.45. The first-order valence-electron chi connectivity index (χ1n) is 17.8. The Morgan fingerprint density at radius 3 is 1.80 bits per heavy atom. The molecule has 1 aromatic carbocycles. The molecule has 1 aromatic rings. The number of alkyl carbamates (subject to hydrolysis) is 2. The Morgan fingerprint density at radius 2 is 1.29 bits per heavy atom. The van der Waals surface area contributed by atoms with Crippen LogP contribution < -0.4 is 26.6 Å². The van der Waals surface area contributed by atoms with E-state index in [1.165, 1.54) is 11.8 Å². The van der Waals surface area contributed by atoms with Gasteiger partial charge in [-0.15, -0.1) is 0 Å². The molecule has 51 heavy (non-hydrogen) atoms. The van der Waals surface area contributed by atoms with Crippen LogP contribution in [0.15, 0.2) is 30.3 Å². The molecule has 13 nitrogen and oxygen atoms in total. The first kappa shape index (κ1) is 45.5. The molecule has 0 fully saturated rings. The molecule has 0 spiro atoms. The van der Waals surface area contributed by atoms with E-state index in [0.29, 0.717) is 18.6 Å². The minimum Gasteiger partial charge on any atom is -0.445 e. The largest absolute Gasteiger partial charge is 0.445 e. The Kier molecular flexibility index (Phi) is 20.0. The smallest absolute Gasteiger partial charge is 0.408 e. The number of amides is 5. The monoisotopic (exact) mass is 737 g/mol. The van der Waals surface area contributed by atoms with Gasteiger partial charge in [-0.05, 0) is 82.3 Å². The Morgan fingerprint density at radius 1 is 0.745 bits per heavy atom. The maximum atomic E-state index is 13.7. The Hall–Kier alpha value is -3.52. The highest BCUT2D eigenvalue weighted by atomic mass is 32.2. The average molecular weight is 738 g/mol. The van der Waals surface area contributed by atoms with Crippen molar-refractivity contribution in [3.63, 3.8) is 0 Å². The molecule has 0 saturated carbocycles. The van der Waals surface area contributed by atoms with Crippen molar-refractivity contribution >= 4 is 41.7 Å². The standard InChI is InChI=1S/C37H63N5O8S/c1-22(2)19-28(40-32(44)27(17-18-51-11)39-34(46)31(24(5)6)42-36(48)50-37(8,9)10)29(43)20-25(7)38-33(45)30(23(3)4)41-35(47)49-21-26-15-13-12-14-16-26/h12-16,22-25,27-31,43H,17-21H2,1-11H3,(H,38,45)(H,39,46)(H,40,44)(H,41,47)(H,42,48)/t25-,27-,28-,29-,30+,31-/m0/s1. The van der Waals surface area contributed by atoms with Crippen molar-refractivity contribution in [1.29, 1.82) is 0 Å². The van der Waals surface area contributed by atoms with E-state index in [1.54, 1.807) is 55.4 Å². The molecule has 0 bridgehead atoms. The van der Waals surface area contributed by atoms with Crippen LogP contribution >= 0.6 is 11.8 Å². The van der Waals surface area contributed by atoms with Crippen LogP contribution in [0.5, 0.6) is 0 Å². The van der Waals surface area contributed by atoms with Gasteiger partial charge in [0.25, 0.3) is 0 Å². The van der Waals surface area contributed by atoms with Crippen LogP contribution in [0, 0.1) is 17.8 Å². The van der Waals surface area contributed by atoms with Crippen LogP contribution in [0.25, 0.3) is 0 Å². The SMILES string of the molecule is CSCC[C@H](NC(=O)[C@@H](NC(=O)OC(C)(C)C)C(C)C)C(=O)N[C@@H](CC(C)C)[C@@H](O)C[C@H](C)NC(=O)[C@H](NC(=O)OCc1ccccc1)C(C)C. The predicted molar refractivity (Wildman–Crippen MR) is 201 cm³/mol. The van der Waals surface area contributed by atoms with Gasteiger partial charge in [-0.3, -0.25) is 14.4 Å². The highest BCUT2D eigenvalue weighted by Gasteiger charge is 2.33. The minimum absolute atomic E-state index is 0.0633. The van der Waals surface area contributed by atoms with Gasteiger partial charge in [0.15, 0.2) is 0 Å². The second-order valence-electron chi connectivity index (χ2n) is 15.1. The van der Waals surface area contributed by atoms with Crippen LogP contribution in [0.4, 0.5) is 9.59 Å². The number of nitrogens with one attached hydrogen (secondary N) is 5. The van der Waals surface area contributed by atoms with Crippen molar-refractivity contribution in [3.8, 4) is 0 Å². The Labute approximate surface area is 308 Å². The number of thioether (sulfide) groups is 1. The van der Waals surface area contributed by atoms with Crippen LogP contribution in [-0.2, 0) is 30.5 Å². The summed E-state index contributed by atoms with van der Waals surface area (Å²) >= 11 is 1.52. The van der Waals surface area contributed by atoms with E-state index in [9.17, 15) is 29.1 Å². The summed E-state index contributed by atoms with van der Waals surface area (Å²) in [7, 11) is 0. The quantitative estimate of drug-likeness (QED) is 0.112. The average Bonchev–Trinajstić information content (AvgIpc) is 3.01. The van der Waals surface area contributed by atoms with Crippen molar-refractivity contribution in [1.82, 2.24) is 26.6 Å². The molecule has 5 amide bonds. The van der Waals surface area contributed by atoms with Crippen molar-refractivity contribution in [2.45, 2.75) is 137 Å². The fourth-order valence-corrected chi connectivity index (χ4v) is 5.66. The zero-order valence-corrected chi connectivity index (χ0v) is 33.1. The molecule has 0 radical (unpaired) electrons. The van der Waals surface area contributed by atoms with Crippen molar-refractivity contribution in [3.05, 3.63) is 35.9 Å². The lowest BCUT2D eigenvalue weighted by Crippen LogP contribution is -2.58. The molecule has 6 N–H and O–H groups in total. The molecule has 0 aliphatic carbocycles. The van der Waals surface area contributed by atoms with Crippen LogP contribution in [0.1, 0.15) is 94.1 Å². The summed E-state index contributed by atoms with van der Waals surface area (Å²) in [5.74, 6) is -1.26. The fourth-order valence-electron chi connectivity index (χ4n) is 5.18. The maximum absolute atomic E-state index is 13.7. The van der Waals surface area contributed by atoms with Crippen molar-refractivity contribution in [2.75, 3.05) is 12.0 Å². The predicted octanol–water partition coefficient (Wildman–Crippen LogP) is 4.51. The third-order valence-electron chi connectivity index (χ3n) is 7.80. The molecular weight excluding hydrogens is 675 g/mol. The minimum atomic E-state index is -1.04. The number of ether oxygens (including phenoxy) is 2. The summed E-state index contributed by atoms with van der Waals surface area (Å²) in [6, 6.07) is 5.26. The molecule has 1 rings (SSSR count). The second-order valence-corrected chi connectivity index (χ2v) is 16.1. The maximum Gasteiger partial charge on any atom is 0.408 e. The van der Waals surface area contributed by atoms with E-state index in [4.69, 9.17) is 9.47 Å². The number of rotatable bonds is 20. The number of aliphatic hydroxyl groups excluding tert-OH is 1. The molecule has 0 aliphatic heterocycles. The van der Waals surface area contributed by atoms with Crippen LogP contribution in [0.3, 0.4) is 0 Å². The van der Waals surface area contributed by atoms with Gasteiger partial charge < -0.3 is 41.2 Å². The number of benzene rings is 1. The molecule has 14 heteroatoms. The van der Waals surface area contributed by atoms with Gasteiger partial charge in [0.2, 0.25) is 17.7 Å². The number of carbonyl (C=O) groups excluding carboxylic acids is 5. The van der Waals surface area contributed by atoms with Gasteiger partial charge in [-0.2, -0.15) is 11.8 Å². The number of hydrogen-bond donors (Lipinski definition) is 6. The number of carbonyl (C=O) groups is 5. The van der Waals surface area contributed by atoms with Gasteiger partial charge in [0.1, 0.15) is 30.3 Å². The molecule has 290 valence electrons. The lowest BCUT2D eigenvalue weighted by Gasteiger charge is -2.31. The van der Waals surface area contributed by atoms with E-state index in [0.717, 1.165) is 5.56 Å². The van der Waals surface area contributed by atoms with Gasteiger partial charge in [0, 0.05) is 6.04 Å². The highest BCUT2D eigenvalue weighted by molar-refractivity contribution is 7.98. The molecule has 0 aliphatic rings. The summed E-state index contributed by atoms with van der Waals surface area (Å²) in [5.41, 5.74) is 0.0655. The van der Waals surface area contributed by atoms with Crippen LogP contribution in [0.2, 0.25) is 0 Å². The molecule has 0 aromatic heterocycles. The van der Waals surface area contributed by atoms with Gasteiger partial charge in [-0.1, -0.05) is 71.9 Å². The van der Waals surface area contributed by atoms with Crippen molar-refractivity contribution < 1.29 is 38.6 Å². The lowest BCUT2D eigenvalue weighted by molar-refractivity contribution is -0.131. The zero-order valence-electron chi connectivity index (χ0n) is 32.3. The third kappa shape index (κ3) is 18.5. The number of aliphatic hydroxyl groups is 1. The summed E-state index contributed by atoms with van der Waals surface area (Å²) in [5, 5.41) is 25.2. The van der Waals surface area contributed by atoms with E-state index in [1.807, 2.05) is 50.4 Å². The Balaban J connectivity index is 2.96. The normalized spacial score (nSPS) is 15.2. The molecule has 0 saturated heterocycles. The first-order valence-corrected chi connectivity index (χ1v) is 19.2. The van der Waals surface area contributed by atoms with Gasteiger partial charge >= 0.3 is 12.2 Å². The van der Waals surface area contributed by atoms with E-state index in [-0.39, 0.29) is 30.8 Å². The molecule has 0 heterocycles. The van der Waals surface area contributed by atoms with Crippen LogP contribution in [-0.4, -0.2) is 88.9 Å². The number of hydrogen-bond acceptors (Lipinski definition) is 9. The van der Waals surface area contributed by atoms with E-state index < -0.39 is 71.8 Å². The van der Waals surface area contributed by atoms with Gasteiger partial charge in [-0.25, -0.2) is 9.59 Å². The summed E-state index contributed by atoms with van der Waals surface area (Å²) in [4.78, 5) is 65.3. The lowest BCUT2D eigenvalue weighted by atomic mass is 9.94. The first-order chi connectivity index (χ1) is 23.7. The van der Waals surface area contributed by atoms with Gasteiger partial charge in [0.05, 0.1) is 12.1 Å². The fraction of sp³-hybridized carbons (Fsp3) is 0.703. The Bertz CT molecular complexity index is 1240. The summed E-state index contributed by atoms with van der Waals surface area (Å²) in [6.45, 7) is 18.1. The summed E-state index contributed by atoms with van der Waals surface area (Å²) in [6.07, 6.45) is 0.279. The highest BCUT2D eigenvalue weighted by Crippen LogP contribution is 2.15. The molecular formula is C37H63N5O8S. The molecule has 6 atom stereocenters. The van der Waals surface area contributed by atoms with E-state index in [2.05, 4.69) is 26.6 Å².